The highest BCUT2D eigenvalue weighted by molar-refractivity contribution is 6.03. The van der Waals surface area contributed by atoms with Crippen LogP contribution in [0.5, 0.6) is 11.5 Å². The van der Waals surface area contributed by atoms with Crippen molar-refractivity contribution < 1.29 is 28.4 Å². The highest BCUT2D eigenvalue weighted by Gasteiger charge is 2.07. The first kappa shape index (κ1) is 31.3. The molecule has 0 unspecified atom stereocenters. The van der Waals surface area contributed by atoms with E-state index in [2.05, 4.69) is 31.2 Å². The second-order valence-corrected chi connectivity index (χ2v) is 10.3. The van der Waals surface area contributed by atoms with Crippen LogP contribution in [-0.2, 0) is 18.9 Å². The smallest absolute Gasteiger partial charge is 0.119 e. The normalized spacial score (nSPS) is 11.3. The number of nitrogens with zero attached hydrogens (tertiary/aromatic N) is 2. The Morgan fingerprint density at radius 2 is 0.864 bits per heavy atom. The van der Waals surface area contributed by atoms with Gasteiger partial charge in [0.05, 0.1) is 69.6 Å². The summed E-state index contributed by atoms with van der Waals surface area (Å²) >= 11 is 0. The summed E-state index contributed by atoms with van der Waals surface area (Å²) in [5.74, 6) is 1.64. The lowest BCUT2D eigenvalue weighted by Crippen LogP contribution is -2.14. The number of aromatic nitrogens is 2. The molecule has 0 fully saturated rings. The van der Waals surface area contributed by atoms with Gasteiger partial charge in [-0.1, -0.05) is 42.0 Å². The van der Waals surface area contributed by atoms with Crippen molar-refractivity contribution in [3.63, 3.8) is 0 Å². The minimum Gasteiger partial charge on any atom is -0.491 e. The average Bonchev–Trinajstić information content (AvgIpc) is 3.05. The van der Waals surface area contributed by atoms with E-state index in [0.29, 0.717) is 66.1 Å². The molecule has 0 atom stereocenters. The van der Waals surface area contributed by atoms with Gasteiger partial charge in [-0.25, -0.2) is 4.98 Å². The summed E-state index contributed by atoms with van der Waals surface area (Å²) in [6.07, 6.45) is 0. The van der Waals surface area contributed by atoms with Crippen LogP contribution in [0.25, 0.3) is 33.1 Å². The van der Waals surface area contributed by atoms with Crippen molar-refractivity contribution in [1.29, 1.82) is 0 Å². The highest BCUT2D eigenvalue weighted by Crippen LogP contribution is 2.27. The van der Waals surface area contributed by atoms with Gasteiger partial charge in [-0.05, 0) is 62.4 Å². The molecule has 3 aromatic carbocycles. The van der Waals surface area contributed by atoms with E-state index in [0.717, 1.165) is 50.3 Å². The van der Waals surface area contributed by atoms with Gasteiger partial charge in [0.2, 0.25) is 0 Å². The fraction of sp³-hybridized carbons (Fsp3) is 0.333. The van der Waals surface area contributed by atoms with Crippen LogP contribution in [0.3, 0.4) is 0 Å². The second kappa shape index (κ2) is 16.7. The van der Waals surface area contributed by atoms with Crippen molar-refractivity contribution in [3.05, 3.63) is 96.2 Å². The summed E-state index contributed by atoms with van der Waals surface area (Å²) in [6.45, 7) is 9.14. The number of hydrogen-bond donors (Lipinski definition) is 0. The van der Waals surface area contributed by atoms with Crippen molar-refractivity contribution in [2.45, 2.75) is 13.8 Å². The molecule has 0 amide bonds. The molecule has 0 aliphatic carbocycles. The summed E-state index contributed by atoms with van der Waals surface area (Å²) in [6, 6.07) is 28.4. The Balaban J connectivity index is 0.889. The number of ether oxygens (including phenoxy) is 6. The lowest BCUT2D eigenvalue weighted by molar-refractivity contribution is -0.00698. The predicted molar refractivity (Wildman–Crippen MR) is 173 cm³/mol. The molecule has 5 rings (SSSR count). The van der Waals surface area contributed by atoms with Crippen molar-refractivity contribution >= 4 is 21.8 Å². The molecule has 0 N–H and O–H groups in total. The third kappa shape index (κ3) is 9.46. The maximum absolute atomic E-state index is 5.84. The number of benzene rings is 3. The molecule has 0 aliphatic heterocycles. The van der Waals surface area contributed by atoms with E-state index in [1.807, 2.05) is 67.6 Å². The van der Waals surface area contributed by atoms with Gasteiger partial charge in [0, 0.05) is 22.0 Å². The average molecular weight is 597 g/mol. The molecule has 0 aliphatic rings. The van der Waals surface area contributed by atoms with E-state index in [9.17, 15) is 0 Å². The maximum Gasteiger partial charge on any atom is 0.119 e. The third-order valence-corrected chi connectivity index (χ3v) is 6.94. The van der Waals surface area contributed by atoms with Crippen molar-refractivity contribution in [2.24, 2.45) is 0 Å². The molecular weight excluding hydrogens is 556 g/mol. The summed E-state index contributed by atoms with van der Waals surface area (Å²) in [7, 11) is 0. The van der Waals surface area contributed by atoms with Gasteiger partial charge in [0.25, 0.3) is 0 Å². The fourth-order valence-electron chi connectivity index (χ4n) is 4.58. The molecule has 2 heterocycles. The third-order valence-electron chi connectivity index (χ3n) is 6.94. The molecule has 5 aromatic rings. The van der Waals surface area contributed by atoms with Crippen molar-refractivity contribution in [2.75, 3.05) is 66.1 Å². The highest BCUT2D eigenvalue weighted by atomic mass is 16.6. The molecule has 2 aromatic heterocycles. The van der Waals surface area contributed by atoms with Crippen molar-refractivity contribution in [1.82, 2.24) is 9.97 Å². The number of hydrogen-bond acceptors (Lipinski definition) is 8. The van der Waals surface area contributed by atoms with Gasteiger partial charge in [-0.3, -0.25) is 4.98 Å². The maximum atomic E-state index is 5.84. The SMILES string of the molecule is Cc1ccc(OCCOCCOCCOCCOCCOc2ccc(-c3ccc4ccc5ccc(C)nc5c4n3)cc2)cc1. The van der Waals surface area contributed by atoms with Gasteiger partial charge in [-0.15, -0.1) is 0 Å². The minimum absolute atomic E-state index is 0.462. The van der Waals surface area contributed by atoms with Gasteiger partial charge >= 0.3 is 0 Å². The van der Waals surface area contributed by atoms with E-state index in [1.165, 1.54) is 5.56 Å². The lowest BCUT2D eigenvalue weighted by Gasteiger charge is -2.10. The van der Waals surface area contributed by atoms with Crippen LogP contribution in [0.15, 0.2) is 84.9 Å². The Kier molecular flexibility index (Phi) is 11.9. The summed E-state index contributed by atoms with van der Waals surface area (Å²) in [5, 5.41) is 2.17. The second-order valence-electron chi connectivity index (χ2n) is 10.3. The van der Waals surface area contributed by atoms with Gasteiger partial charge in [0.1, 0.15) is 24.7 Å². The van der Waals surface area contributed by atoms with Crippen LogP contribution < -0.4 is 9.47 Å². The Morgan fingerprint density at radius 1 is 0.432 bits per heavy atom. The molecule has 0 saturated carbocycles. The van der Waals surface area contributed by atoms with Crippen LogP contribution >= 0.6 is 0 Å². The topological polar surface area (TPSA) is 81.2 Å². The van der Waals surface area contributed by atoms with E-state index >= 15 is 0 Å². The van der Waals surface area contributed by atoms with E-state index < -0.39 is 0 Å². The summed E-state index contributed by atoms with van der Waals surface area (Å²) < 4.78 is 33.7. The molecular formula is C36H40N2O6. The standard InChI is InChI=1S/C36H40N2O6/c1-27-3-12-32(13-4-27)43-25-23-41-21-19-39-17-18-40-20-22-42-24-26-44-33-14-9-29(10-15-33)34-16-11-31-8-7-30-6-5-28(2)37-35(30)36(31)38-34/h3-16H,17-26H2,1-2H3. The van der Waals surface area contributed by atoms with Crippen LogP contribution in [0, 0.1) is 13.8 Å². The molecule has 8 heteroatoms. The minimum atomic E-state index is 0.462. The first-order chi connectivity index (χ1) is 21.7. The summed E-state index contributed by atoms with van der Waals surface area (Å²) in [4.78, 5) is 9.68. The monoisotopic (exact) mass is 596 g/mol. The summed E-state index contributed by atoms with van der Waals surface area (Å²) in [5.41, 5.74) is 5.97. The first-order valence-corrected chi connectivity index (χ1v) is 15.1. The molecule has 230 valence electrons. The van der Waals surface area contributed by atoms with E-state index in [4.69, 9.17) is 38.4 Å². The van der Waals surface area contributed by atoms with Crippen molar-refractivity contribution in [3.8, 4) is 22.8 Å². The van der Waals surface area contributed by atoms with Crippen LogP contribution in [0.1, 0.15) is 11.3 Å². The van der Waals surface area contributed by atoms with Crippen LogP contribution in [0.4, 0.5) is 0 Å². The Morgan fingerprint density at radius 3 is 1.41 bits per heavy atom. The Hall–Kier alpha value is -4.08. The zero-order valence-corrected chi connectivity index (χ0v) is 25.5. The zero-order chi connectivity index (χ0) is 30.4. The quantitative estimate of drug-likeness (QED) is 0.0828. The van der Waals surface area contributed by atoms with E-state index in [1.54, 1.807) is 0 Å². The largest absolute Gasteiger partial charge is 0.491 e. The predicted octanol–water partition coefficient (Wildman–Crippen LogP) is 6.59. The zero-order valence-electron chi connectivity index (χ0n) is 25.5. The first-order valence-electron chi connectivity index (χ1n) is 15.1. The molecule has 0 bridgehead atoms. The number of pyridine rings is 2. The molecule has 0 spiro atoms. The molecule has 44 heavy (non-hydrogen) atoms. The number of aryl methyl sites for hydroxylation is 2. The van der Waals surface area contributed by atoms with Gasteiger partial charge in [-0.2, -0.15) is 0 Å². The fourth-order valence-corrected chi connectivity index (χ4v) is 4.58. The number of rotatable bonds is 18. The Labute approximate surface area is 258 Å². The molecule has 0 radical (unpaired) electrons. The molecule has 0 saturated heterocycles. The molecule has 8 nitrogen and oxygen atoms in total. The van der Waals surface area contributed by atoms with Crippen LogP contribution in [-0.4, -0.2) is 76.0 Å². The van der Waals surface area contributed by atoms with Gasteiger partial charge < -0.3 is 28.4 Å². The number of fused-ring (bicyclic) bond motifs is 3. The van der Waals surface area contributed by atoms with E-state index in [-0.39, 0.29) is 0 Å². The lowest BCUT2D eigenvalue weighted by atomic mass is 10.1. The Bertz CT molecular complexity index is 1590. The van der Waals surface area contributed by atoms with Crippen LogP contribution in [0.2, 0.25) is 0 Å². The van der Waals surface area contributed by atoms with Gasteiger partial charge in [0.15, 0.2) is 0 Å².